The summed E-state index contributed by atoms with van der Waals surface area (Å²) >= 11 is 0. The van der Waals surface area contributed by atoms with E-state index in [1.165, 1.54) is 32.2 Å². The smallest absolute Gasteiger partial charge is 0.300 e. The van der Waals surface area contributed by atoms with E-state index in [1.807, 2.05) is 0 Å². The van der Waals surface area contributed by atoms with Gasteiger partial charge in [0.25, 0.3) is 52.6 Å². The monoisotopic (exact) mass is 884 g/mol. The second-order valence-electron chi connectivity index (χ2n) is 12.8. The van der Waals surface area contributed by atoms with E-state index < -0.39 is 110 Å². The largest absolute Gasteiger partial charge is 0.456 e. The summed E-state index contributed by atoms with van der Waals surface area (Å²) in [6, 6.07) is 15.3. The first-order chi connectivity index (χ1) is 27.4. The SMILES string of the molecule is Cc1cccc(Oc2ccc(S(=O)(=O)c3ccc(Oc4cccc(-n5c(=O)c6cc7c(=O)n(C)c(=O)c7cc6c5=O)c4S(=O)(=O)O)cc3)cc2S(=O)(=O)O)c1S(=O)(=O)O. The first kappa shape index (κ1) is 40.8. The molecule has 0 unspecified atom stereocenters. The lowest BCUT2D eigenvalue weighted by atomic mass is 10.1. The number of aryl methyl sites for hydroxylation is 1. The van der Waals surface area contributed by atoms with Crippen LogP contribution >= 0.6 is 0 Å². The quantitative estimate of drug-likeness (QED) is 0.166. The molecular weight excluding hydrogens is 861 g/mol. The van der Waals surface area contributed by atoms with E-state index in [4.69, 9.17) is 9.47 Å². The number of benzene rings is 5. The van der Waals surface area contributed by atoms with Gasteiger partial charge in [-0.25, -0.2) is 13.0 Å². The fourth-order valence-electron chi connectivity index (χ4n) is 6.38. The fraction of sp³-hybridized carbons (Fsp3) is 0.0556. The molecular formula is C36H24N2O17S4. The van der Waals surface area contributed by atoms with Crippen molar-refractivity contribution in [2.24, 2.45) is 7.05 Å². The first-order valence-electron chi connectivity index (χ1n) is 16.3. The Balaban J connectivity index is 1.25. The van der Waals surface area contributed by atoms with Gasteiger partial charge in [-0.3, -0.25) is 37.4 Å². The molecule has 0 atom stereocenters. The Morgan fingerprint density at radius 1 is 0.508 bits per heavy atom. The summed E-state index contributed by atoms with van der Waals surface area (Å²) in [5, 5.41) is -0.954. The minimum atomic E-state index is -5.31. The minimum Gasteiger partial charge on any atom is -0.456 e. The van der Waals surface area contributed by atoms with Crippen molar-refractivity contribution in [2.75, 3.05) is 0 Å². The number of nitrogens with zero attached hydrogens (tertiary/aromatic N) is 2. The highest BCUT2D eigenvalue weighted by molar-refractivity contribution is 7.91. The summed E-state index contributed by atoms with van der Waals surface area (Å²) in [6.45, 7) is 1.31. The number of ether oxygens (including phenoxy) is 2. The van der Waals surface area contributed by atoms with Crippen LogP contribution in [0.5, 0.6) is 23.0 Å². The molecule has 59 heavy (non-hydrogen) atoms. The average Bonchev–Trinajstić information content (AvgIpc) is 3.51. The summed E-state index contributed by atoms with van der Waals surface area (Å²) in [5.41, 5.74) is -4.29. The third-order valence-electron chi connectivity index (χ3n) is 9.07. The predicted octanol–water partition coefficient (Wildman–Crippen LogP) is 2.90. The molecule has 0 spiro atoms. The van der Waals surface area contributed by atoms with Crippen LogP contribution in [-0.2, 0) is 47.2 Å². The summed E-state index contributed by atoms with van der Waals surface area (Å²) in [7, 11) is -18.9. The van der Waals surface area contributed by atoms with Crippen LogP contribution in [0, 0.1) is 6.92 Å². The molecule has 304 valence electrons. The number of fused-ring (bicyclic) bond motifs is 2. The lowest BCUT2D eigenvalue weighted by molar-refractivity contribution is 0.432. The van der Waals surface area contributed by atoms with E-state index in [9.17, 15) is 66.5 Å². The van der Waals surface area contributed by atoms with Crippen molar-refractivity contribution in [3.8, 4) is 28.7 Å². The molecule has 2 heterocycles. The van der Waals surface area contributed by atoms with Gasteiger partial charge in [0.05, 0.1) is 37.0 Å². The Kier molecular flexibility index (Phi) is 9.62. The highest BCUT2D eigenvalue weighted by Gasteiger charge is 2.29. The van der Waals surface area contributed by atoms with Crippen LogP contribution in [0.2, 0.25) is 0 Å². The predicted molar refractivity (Wildman–Crippen MR) is 206 cm³/mol. The van der Waals surface area contributed by atoms with Crippen molar-refractivity contribution in [1.82, 2.24) is 9.13 Å². The third-order valence-corrected chi connectivity index (χ3v) is 13.7. The zero-order chi connectivity index (χ0) is 43.1. The summed E-state index contributed by atoms with van der Waals surface area (Å²) in [5.74, 6) is -2.13. The molecule has 23 heteroatoms. The number of rotatable bonds is 10. The van der Waals surface area contributed by atoms with E-state index in [1.54, 1.807) is 0 Å². The molecule has 0 aliphatic heterocycles. The lowest BCUT2D eigenvalue weighted by Gasteiger charge is -2.15. The molecule has 0 fully saturated rings. The lowest BCUT2D eigenvalue weighted by Crippen LogP contribution is -2.25. The number of hydrogen-bond donors (Lipinski definition) is 3. The standard InChI is InChI=1S/C36H24N2O17S4/c1-18-5-3-7-28(31(18)58(48,49)50)55-27-14-13-21(15-30(27)57(45,46)47)56(43,44)20-11-9-19(10-12-20)54-29-8-4-6-26(32(29)59(51,52)53)38-35(41)24-16-22-23(17-25(24)36(38)42)34(40)37(2)33(22)39/h3-17H,1-2H3,(H,45,46,47)(H,48,49,50)(H,51,52,53). The van der Waals surface area contributed by atoms with Gasteiger partial charge in [0.1, 0.15) is 27.0 Å². The van der Waals surface area contributed by atoms with Crippen LogP contribution in [-0.4, -0.2) is 56.5 Å². The highest BCUT2D eigenvalue weighted by Crippen LogP contribution is 2.38. The van der Waals surface area contributed by atoms with Crippen molar-refractivity contribution in [2.45, 2.75) is 31.4 Å². The van der Waals surface area contributed by atoms with E-state index >= 15 is 0 Å². The number of hydrogen-bond acceptors (Lipinski definition) is 14. The van der Waals surface area contributed by atoms with Gasteiger partial charge < -0.3 is 9.47 Å². The second-order valence-corrected chi connectivity index (χ2v) is 18.8. The molecule has 0 radical (unpaired) electrons. The van der Waals surface area contributed by atoms with Gasteiger partial charge in [-0.15, -0.1) is 0 Å². The van der Waals surface area contributed by atoms with Crippen molar-refractivity contribution < 1.29 is 56.8 Å². The van der Waals surface area contributed by atoms with Crippen molar-refractivity contribution in [3.05, 3.63) is 138 Å². The molecule has 3 N–H and O–H groups in total. The first-order valence-corrected chi connectivity index (χ1v) is 22.1. The maximum absolute atomic E-state index is 13.6. The molecule has 19 nitrogen and oxygen atoms in total. The Morgan fingerprint density at radius 3 is 1.53 bits per heavy atom. The van der Waals surface area contributed by atoms with Crippen LogP contribution < -0.4 is 31.7 Å². The number of sulfone groups is 1. The second kappa shape index (κ2) is 13.9. The van der Waals surface area contributed by atoms with Crippen molar-refractivity contribution in [3.63, 3.8) is 0 Å². The van der Waals surface area contributed by atoms with Crippen LogP contribution in [0.25, 0.3) is 27.2 Å². The Labute approximate surface area is 331 Å². The molecule has 2 aromatic heterocycles. The number of aromatic nitrogens is 2. The topological polar surface area (TPSA) is 294 Å². The third kappa shape index (κ3) is 7.03. The van der Waals surface area contributed by atoms with E-state index in [0.29, 0.717) is 10.6 Å². The zero-order valence-corrected chi connectivity index (χ0v) is 33.0. The average molecular weight is 885 g/mol. The van der Waals surface area contributed by atoms with Gasteiger partial charge in [0.15, 0.2) is 10.6 Å². The maximum atomic E-state index is 13.6. The molecule has 0 aliphatic rings. The summed E-state index contributed by atoms with van der Waals surface area (Å²) < 4.78 is 144. The van der Waals surface area contributed by atoms with Gasteiger partial charge in [-0.1, -0.05) is 18.2 Å². The van der Waals surface area contributed by atoms with Gasteiger partial charge in [-0.05, 0) is 85.3 Å². The fourth-order valence-corrected chi connectivity index (χ4v) is 10.0. The van der Waals surface area contributed by atoms with E-state index in [-0.39, 0.29) is 32.9 Å². The van der Waals surface area contributed by atoms with Crippen LogP contribution in [0.15, 0.2) is 135 Å². The van der Waals surface area contributed by atoms with Crippen LogP contribution in [0.1, 0.15) is 5.56 Å². The molecule has 0 aliphatic carbocycles. The molecule has 0 amide bonds. The Bertz CT molecular complexity index is 3560. The van der Waals surface area contributed by atoms with Gasteiger partial charge in [0, 0.05) is 7.05 Å². The molecule has 0 saturated heterocycles. The van der Waals surface area contributed by atoms with Gasteiger partial charge in [0.2, 0.25) is 9.84 Å². The Hall–Kier alpha value is -6.34. The molecule has 7 rings (SSSR count). The van der Waals surface area contributed by atoms with Gasteiger partial charge in [-0.2, -0.15) is 25.3 Å². The minimum absolute atomic E-state index is 0.0185. The summed E-state index contributed by atoms with van der Waals surface area (Å²) in [4.78, 5) is 48.1. The summed E-state index contributed by atoms with van der Waals surface area (Å²) in [6.07, 6.45) is 0. The normalized spacial score (nSPS) is 12.6. The molecule has 5 aromatic carbocycles. The Morgan fingerprint density at radius 2 is 1.00 bits per heavy atom. The molecule has 0 saturated carbocycles. The van der Waals surface area contributed by atoms with Crippen molar-refractivity contribution >= 4 is 61.7 Å². The highest BCUT2D eigenvalue weighted by atomic mass is 32.2. The van der Waals surface area contributed by atoms with Crippen LogP contribution in [0.4, 0.5) is 0 Å². The molecule has 0 bridgehead atoms. The zero-order valence-electron chi connectivity index (χ0n) is 29.7. The molecule has 7 aromatic rings. The van der Waals surface area contributed by atoms with Crippen LogP contribution in [0.3, 0.4) is 0 Å². The van der Waals surface area contributed by atoms with Gasteiger partial charge >= 0.3 is 0 Å². The van der Waals surface area contributed by atoms with E-state index in [0.717, 1.165) is 71.3 Å². The van der Waals surface area contributed by atoms with E-state index in [2.05, 4.69) is 0 Å². The van der Waals surface area contributed by atoms with Crippen molar-refractivity contribution in [1.29, 1.82) is 0 Å². The maximum Gasteiger partial charge on any atom is 0.300 e.